The molecule has 0 bridgehead atoms. The lowest BCUT2D eigenvalue weighted by Gasteiger charge is -2.09. The largest absolute Gasteiger partial charge is 0.488 e. The molecule has 10 aromatic rings. The van der Waals surface area contributed by atoms with Crippen molar-refractivity contribution in [2.45, 2.75) is 53.4 Å². The Balaban J connectivity index is 0.000000155. The molecule has 0 radical (unpaired) electrons. The Morgan fingerprint density at radius 3 is 1.56 bits per heavy atom. The SMILES string of the molecule is Cc1cc(-c2ncc(CCc3nccn4c(-c5cccc(F)c5)cnc34)cc2C)ccn1.Cc1cc(-c2ncc(CCc3nccn4c(Br)cnc34)cc2C)ccn1.OB(O)c1cccc(F)c1. The second kappa shape index (κ2) is 21.5. The van der Waals surface area contributed by atoms with Gasteiger partial charge in [0.1, 0.15) is 16.2 Å². The normalized spacial score (nSPS) is 11.0. The van der Waals surface area contributed by atoms with Crippen molar-refractivity contribution in [2.24, 2.45) is 0 Å². The Bertz CT molecular complexity index is 3360. The fourth-order valence-corrected chi connectivity index (χ4v) is 8.24. The molecule has 0 aliphatic heterocycles. The van der Waals surface area contributed by atoms with E-state index in [2.05, 4.69) is 77.9 Å². The van der Waals surface area contributed by atoms with Gasteiger partial charge in [0.2, 0.25) is 0 Å². The van der Waals surface area contributed by atoms with Crippen LogP contribution in [0.2, 0.25) is 0 Å². The maximum Gasteiger partial charge on any atom is 0.488 e. The molecule has 10 rings (SSSR count). The van der Waals surface area contributed by atoms with E-state index in [0.717, 1.165) is 115 Å². The molecule has 0 aliphatic carbocycles. The summed E-state index contributed by atoms with van der Waals surface area (Å²) in [6.07, 6.45) is 21.7. The summed E-state index contributed by atoms with van der Waals surface area (Å²) in [7, 11) is -1.59. The van der Waals surface area contributed by atoms with E-state index in [9.17, 15) is 8.78 Å². The number of aromatic nitrogens is 10. The molecule has 0 fully saturated rings. The van der Waals surface area contributed by atoms with E-state index < -0.39 is 12.9 Å². The van der Waals surface area contributed by atoms with E-state index >= 15 is 0 Å². The average Bonchev–Trinajstić information content (AvgIpc) is 3.95. The van der Waals surface area contributed by atoms with Crippen molar-refractivity contribution in [1.29, 1.82) is 0 Å². The molecule has 8 aromatic heterocycles. The summed E-state index contributed by atoms with van der Waals surface area (Å²) < 4.78 is 30.9. The topological polar surface area (TPSA) is 152 Å². The first kappa shape index (κ1) is 47.1. The van der Waals surface area contributed by atoms with Crippen LogP contribution in [0.25, 0.3) is 45.1 Å². The number of halogens is 3. The molecule has 8 heterocycles. The minimum atomic E-state index is -1.59. The lowest BCUT2D eigenvalue weighted by Crippen LogP contribution is -2.29. The maximum absolute atomic E-state index is 13.7. The van der Waals surface area contributed by atoms with E-state index in [-0.39, 0.29) is 11.3 Å². The number of hydrogen-bond donors (Lipinski definition) is 2. The Kier molecular flexibility index (Phi) is 14.9. The quantitative estimate of drug-likeness (QED) is 0.127. The molecule has 16 heteroatoms. The summed E-state index contributed by atoms with van der Waals surface area (Å²) in [5.74, 6) is -0.731. The molecule has 0 saturated carbocycles. The van der Waals surface area contributed by atoms with Crippen LogP contribution in [0.3, 0.4) is 0 Å². The van der Waals surface area contributed by atoms with Gasteiger partial charge < -0.3 is 10.0 Å². The molecule has 0 saturated heterocycles. The van der Waals surface area contributed by atoms with E-state index in [0.29, 0.717) is 0 Å². The van der Waals surface area contributed by atoms with Crippen LogP contribution in [-0.4, -0.2) is 65.8 Å². The first-order valence-electron chi connectivity index (χ1n) is 21.8. The third kappa shape index (κ3) is 11.4. The second-order valence-corrected chi connectivity index (χ2v) is 17.0. The Morgan fingerprint density at radius 1 is 0.515 bits per heavy atom. The van der Waals surface area contributed by atoms with Crippen LogP contribution in [0.5, 0.6) is 0 Å². The number of imidazole rings is 2. The zero-order valence-electron chi connectivity index (χ0n) is 37.8. The minimum absolute atomic E-state index is 0.167. The summed E-state index contributed by atoms with van der Waals surface area (Å²) in [5, 5.41) is 17.1. The zero-order chi connectivity index (χ0) is 47.7. The van der Waals surface area contributed by atoms with Crippen molar-refractivity contribution in [3.05, 3.63) is 208 Å². The standard InChI is InChI=1S/C26H22FN5.C20H18BrN5.C6H6BFO2/c1-17-12-19(15-30-25(17)21-8-9-28-18(2)13-21)6-7-23-26-31-16-24(32(26)11-10-29-23)20-4-3-5-22(27)14-20;1-13-9-15(11-24-19(13)16-5-6-22-14(2)10-16)3-4-17-20-25-12-18(21)26(20)8-7-23-17;8-6-3-1-2-5(4-6)7(9)10/h3-5,8-16H,6-7H2,1-2H3;5-12H,3-4H2,1-2H3;1-4,9-10H. The molecule has 68 heavy (non-hydrogen) atoms. The third-order valence-electron chi connectivity index (χ3n) is 11.1. The maximum atomic E-state index is 13.7. The summed E-state index contributed by atoms with van der Waals surface area (Å²) in [5.41, 5.74) is 16.2. The molecule has 2 N–H and O–H groups in total. The number of rotatable bonds is 10. The molecular weight excluding hydrogens is 925 g/mol. The van der Waals surface area contributed by atoms with Crippen molar-refractivity contribution >= 4 is 39.8 Å². The first-order valence-corrected chi connectivity index (χ1v) is 22.6. The van der Waals surface area contributed by atoms with Crippen molar-refractivity contribution in [3.63, 3.8) is 0 Å². The van der Waals surface area contributed by atoms with Crippen molar-refractivity contribution in [2.75, 3.05) is 0 Å². The third-order valence-corrected chi connectivity index (χ3v) is 11.7. The van der Waals surface area contributed by atoms with Crippen molar-refractivity contribution < 1.29 is 18.8 Å². The smallest absolute Gasteiger partial charge is 0.423 e. The number of fused-ring (bicyclic) bond motifs is 2. The number of pyridine rings is 4. The van der Waals surface area contributed by atoms with Crippen LogP contribution in [0.1, 0.15) is 45.0 Å². The van der Waals surface area contributed by atoms with Gasteiger partial charge in [-0.3, -0.25) is 38.7 Å². The highest BCUT2D eigenvalue weighted by Crippen LogP contribution is 2.26. The van der Waals surface area contributed by atoms with Gasteiger partial charge in [0.25, 0.3) is 0 Å². The Hall–Kier alpha value is -7.40. The van der Waals surface area contributed by atoms with Gasteiger partial charge in [-0.05, 0) is 146 Å². The van der Waals surface area contributed by atoms with Gasteiger partial charge >= 0.3 is 7.12 Å². The van der Waals surface area contributed by atoms with Gasteiger partial charge in [0.15, 0.2) is 11.3 Å². The van der Waals surface area contributed by atoms with Crippen LogP contribution in [0.15, 0.2) is 152 Å². The lowest BCUT2D eigenvalue weighted by molar-refractivity contribution is 0.425. The predicted molar refractivity (Wildman–Crippen MR) is 264 cm³/mol. The molecule has 0 unspecified atom stereocenters. The molecule has 0 spiro atoms. The van der Waals surface area contributed by atoms with Crippen LogP contribution in [0.4, 0.5) is 8.78 Å². The highest BCUT2D eigenvalue weighted by molar-refractivity contribution is 9.10. The summed E-state index contributed by atoms with van der Waals surface area (Å²) in [6, 6.07) is 24.2. The Morgan fingerprint density at radius 2 is 1.04 bits per heavy atom. The van der Waals surface area contributed by atoms with Gasteiger partial charge in [-0.2, -0.15) is 0 Å². The second-order valence-electron chi connectivity index (χ2n) is 16.2. The highest BCUT2D eigenvalue weighted by atomic mass is 79.9. The van der Waals surface area contributed by atoms with Crippen LogP contribution < -0.4 is 5.46 Å². The summed E-state index contributed by atoms with van der Waals surface area (Å²) >= 11 is 3.50. The number of aryl methyl sites for hydroxylation is 8. The monoisotopic (exact) mass is 970 g/mol. The summed E-state index contributed by atoms with van der Waals surface area (Å²) in [6.45, 7) is 8.16. The van der Waals surface area contributed by atoms with Gasteiger partial charge in [-0.25, -0.2) is 18.7 Å². The Labute approximate surface area is 400 Å². The van der Waals surface area contributed by atoms with Crippen LogP contribution in [0, 0.1) is 39.3 Å². The number of hydrogen-bond acceptors (Lipinski definition) is 10. The van der Waals surface area contributed by atoms with E-state index in [1.807, 2.05) is 90.3 Å². The molecule has 0 aliphatic rings. The predicted octanol–water partition coefficient (Wildman–Crippen LogP) is 9.25. The van der Waals surface area contributed by atoms with Crippen molar-refractivity contribution in [3.8, 4) is 33.8 Å². The van der Waals surface area contributed by atoms with Crippen molar-refractivity contribution in [1.82, 2.24) is 48.7 Å². The van der Waals surface area contributed by atoms with Gasteiger partial charge in [-0.1, -0.05) is 36.4 Å². The van der Waals surface area contributed by atoms with Gasteiger partial charge in [-0.15, -0.1) is 0 Å². The first-order chi connectivity index (χ1) is 32.9. The molecule has 12 nitrogen and oxygen atoms in total. The molecule has 2 aromatic carbocycles. The number of benzene rings is 2. The lowest BCUT2D eigenvalue weighted by atomic mass is 9.80. The summed E-state index contributed by atoms with van der Waals surface area (Å²) in [4.78, 5) is 36.0. The number of nitrogens with zero attached hydrogens (tertiary/aromatic N) is 10. The van der Waals surface area contributed by atoms with Crippen LogP contribution in [-0.2, 0) is 25.7 Å². The van der Waals surface area contributed by atoms with Gasteiger partial charge in [0, 0.05) is 77.7 Å². The molecule has 340 valence electrons. The molecule has 0 atom stereocenters. The molecular formula is C52H46BBrF2N10O2. The minimum Gasteiger partial charge on any atom is -0.423 e. The molecule has 0 amide bonds. The van der Waals surface area contributed by atoms with E-state index in [1.54, 1.807) is 24.7 Å². The average molecular weight is 972 g/mol. The fourth-order valence-electron chi connectivity index (χ4n) is 7.85. The fraction of sp³-hybridized carbons (Fsp3) is 0.154. The zero-order valence-corrected chi connectivity index (χ0v) is 39.3. The van der Waals surface area contributed by atoms with Gasteiger partial charge in [0.05, 0.1) is 40.9 Å². The van der Waals surface area contributed by atoms with E-state index in [1.165, 1.54) is 41.5 Å². The van der Waals surface area contributed by atoms with E-state index in [4.69, 9.17) is 20.0 Å². The van der Waals surface area contributed by atoms with Crippen LogP contribution >= 0.6 is 15.9 Å². The highest BCUT2D eigenvalue weighted by Gasteiger charge is 2.14.